The van der Waals surface area contributed by atoms with Gasteiger partial charge in [-0.05, 0) is 62.7 Å². The van der Waals surface area contributed by atoms with Crippen LogP contribution in [0.2, 0.25) is 0 Å². The molecule has 0 aromatic heterocycles. The first-order chi connectivity index (χ1) is 21.1. The van der Waals surface area contributed by atoms with Gasteiger partial charge in [-0.25, -0.2) is 0 Å². The number of amides is 1. The fourth-order valence-corrected chi connectivity index (χ4v) is 8.60. The second-order valence-corrected chi connectivity index (χ2v) is 16.7. The minimum Gasteiger partial charge on any atom is -0.481 e. The van der Waals surface area contributed by atoms with Crippen molar-refractivity contribution in [3.8, 4) is 0 Å². The highest BCUT2D eigenvalue weighted by Crippen LogP contribution is 2.68. The molecule has 0 aliphatic heterocycles. The van der Waals surface area contributed by atoms with Crippen molar-refractivity contribution in [2.45, 2.75) is 117 Å². The fourth-order valence-electron chi connectivity index (χ4n) is 7.85. The van der Waals surface area contributed by atoms with Crippen LogP contribution in [0.4, 0.5) is 0 Å². The molecule has 0 heterocycles. The highest BCUT2D eigenvalue weighted by molar-refractivity contribution is 8.01. The van der Waals surface area contributed by atoms with Gasteiger partial charge in [-0.3, -0.25) is 24.0 Å². The lowest BCUT2D eigenvalue weighted by atomic mass is 9.44. The minimum absolute atomic E-state index is 0.0382. The number of aliphatic hydroxyl groups excluding tert-OH is 1. The summed E-state index contributed by atoms with van der Waals surface area (Å²) in [4.78, 5) is 58.1. The number of carboxylic acid groups (broad SMARTS) is 2. The van der Waals surface area contributed by atoms with Crippen molar-refractivity contribution in [2.75, 3.05) is 12.3 Å². The highest BCUT2D eigenvalue weighted by atomic mass is 32.2. The van der Waals surface area contributed by atoms with Crippen molar-refractivity contribution in [1.82, 2.24) is 5.32 Å². The van der Waals surface area contributed by atoms with Crippen LogP contribution < -0.4 is 11.1 Å². The van der Waals surface area contributed by atoms with Crippen LogP contribution in [0.5, 0.6) is 0 Å². The first-order valence-corrected chi connectivity index (χ1v) is 17.2. The highest BCUT2D eigenvalue weighted by Gasteiger charge is 2.68. The van der Waals surface area contributed by atoms with E-state index in [0.29, 0.717) is 19.4 Å². The summed E-state index contributed by atoms with van der Waals surface area (Å²) in [6, 6.07) is -0.573. The molecule has 3 fully saturated rings. The van der Waals surface area contributed by atoms with Crippen LogP contribution in [0.25, 0.3) is 0 Å². The molecule has 3 rings (SSSR count). The lowest BCUT2D eigenvalue weighted by Gasteiger charge is -2.61. The largest absolute Gasteiger partial charge is 0.481 e. The van der Waals surface area contributed by atoms with Crippen LogP contribution in [-0.4, -0.2) is 80.2 Å². The van der Waals surface area contributed by atoms with E-state index in [0.717, 1.165) is 19.3 Å². The summed E-state index contributed by atoms with van der Waals surface area (Å²) < 4.78 is 5.92. The predicted molar refractivity (Wildman–Crippen MR) is 177 cm³/mol. The minimum atomic E-state index is -1.31. The van der Waals surface area contributed by atoms with Crippen molar-refractivity contribution in [3.63, 3.8) is 0 Å². The number of carbonyl (C=O) groups is 5. The van der Waals surface area contributed by atoms with E-state index in [4.69, 9.17) is 20.7 Å². The van der Waals surface area contributed by atoms with Crippen molar-refractivity contribution in [3.05, 3.63) is 12.7 Å². The number of carbonyl (C=O) groups excluding carboxylic acids is 3. The van der Waals surface area contributed by atoms with E-state index in [2.05, 4.69) is 32.7 Å². The number of hydrogen-bond acceptors (Lipinski definition) is 9. The maximum absolute atomic E-state index is 13.5. The third kappa shape index (κ3) is 8.52. The molecular formula is C34H56N2O9S. The summed E-state index contributed by atoms with van der Waals surface area (Å²) in [5.74, 6) is -2.87. The van der Waals surface area contributed by atoms with E-state index >= 15 is 0 Å². The number of aliphatic hydroxyl groups is 1. The smallest absolute Gasteiger partial charge is 0.316 e. The molecule has 2 unspecified atom stereocenters. The molecule has 12 heteroatoms. The molecule has 0 radical (unpaired) electrons. The molecule has 0 saturated heterocycles. The Morgan fingerprint density at radius 2 is 1.74 bits per heavy atom. The molecule has 6 N–H and O–H groups in total. The van der Waals surface area contributed by atoms with E-state index in [1.165, 1.54) is 11.8 Å². The molecule has 1 amide bonds. The topological polar surface area (TPSA) is 193 Å². The molecule has 11 nitrogen and oxygen atoms in total. The van der Waals surface area contributed by atoms with Gasteiger partial charge in [0.1, 0.15) is 18.3 Å². The third-order valence-electron chi connectivity index (χ3n) is 11.2. The molecule has 2 bridgehead atoms. The van der Waals surface area contributed by atoms with E-state index in [9.17, 15) is 29.1 Å². The van der Waals surface area contributed by atoms with Gasteiger partial charge in [-0.1, -0.05) is 47.6 Å². The summed E-state index contributed by atoms with van der Waals surface area (Å²) in [5.41, 5.74) is 4.49. The molecule has 0 spiro atoms. The average Bonchev–Trinajstić information content (AvgIpc) is 3.32. The molecule has 262 valence electrons. The fraction of sp³-hybridized carbons (Fsp3) is 0.794. The summed E-state index contributed by atoms with van der Waals surface area (Å²) in [5, 5.41) is 30.0. The van der Waals surface area contributed by atoms with Crippen molar-refractivity contribution in [1.29, 1.82) is 0 Å². The number of rotatable bonds is 11. The van der Waals surface area contributed by atoms with E-state index in [1.54, 1.807) is 0 Å². The molecule has 0 aromatic rings. The Morgan fingerprint density at radius 3 is 2.24 bits per heavy atom. The van der Waals surface area contributed by atoms with Gasteiger partial charge < -0.3 is 31.1 Å². The van der Waals surface area contributed by atoms with Gasteiger partial charge in [-0.2, -0.15) is 0 Å². The Morgan fingerprint density at radius 1 is 1.15 bits per heavy atom. The molecule has 0 aromatic carbocycles. The number of esters is 1. The number of nitrogens with two attached hydrogens (primary N) is 1. The first-order valence-electron chi connectivity index (χ1n) is 16.2. The predicted octanol–water partition coefficient (Wildman–Crippen LogP) is 4.05. The van der Waals surface area contributed by atoms with Gasteiger partial charge >= 0.3 is 17.9 Å². The quantitative estimate of drug-likeness (QED) is 0.121. The SMILES string of the molecule is C=C[C@]1(C)C[C@@H](OC(=O)CSC(C)(C)CNC(=O)[C@H](N)C(C)C)[C@@]2(C)C3C(=O)CCC3(CC[C@H]2C)[C@@H](C)[C@@H]1O.O=C(O)CC(=O)O. The number of ketones is 1. The maximum Gasteiger partial charge on any atom is 0.316 e. The summed E-state index contributed by atoms with van der Waals surface area (Å²) in [6.07, 6.45) is 3.37. The molecule has 3 saturated carbocycles. The number of ether oxygens (including phenoxy) is 1. The number of aliphatic carboxylic acids is 2. The zero-order valence-electron chi connectivity index (χ0n) is 28.8. The molecule has 46 heavy (non-hydrogen) atoms. The summed E-state index contributed by atoms with van der Waals surface area (Å²) in [7, 11) is 0. The number of hydrogen-bond donors (Lipinski definition) is 5. The normalized spacial score (nSPS) is 34.6. The second-order valence-electron chi connectivity index (χ2n) is 15.1. The zero-order valence-corrected chi connectivity index (χ0v) is 29.6. The van der Waals surface area contributed by atoms with E-state index in [1.807, 2.05) is 40.7 Å². The molecule has 3 aliphatic rings. The number of thioether (sulfide) groups is 1. The van der Waals surface area contributed by atoms with Gasteiger partial charge in [0, 0.05) is 34.5 Å². The van der Waals surface area contributed by atoms with Gasteiger partial charge in [-0.15, -0.1) is 18.3 Å². The van der Waals surface area contributed by atoms with Gasteiger partial charge in [0.15, 0.2) is 0 Å². The Bertz CT molecular complexity index is 1160. The molecular weight excluding hydrogens is 612 g/mol. The van der Waals surface area contributed by atoms with Crippen molar-refractivity contribution in [2.24, 2.45) is 45.7 Å². The van der Waals surface area contributed by atoms with Crippen molar-refractivity contribution < 1.29 is 44.0 Å². The Kier molecular flexibility index (Phi) is 13.1. The van der Waals surface area contributed by atoms with Gasteiger partial charge in [0.05, 0.1) is 17.9 Å². The van der Waals surface area contributed by atoms with Crippen LogP contribution in [0.1, 0.15) is 93.9 Å². The van der Waals surface area contributed by atoms with Crippen LogP contribution in [0, 0.1) is 39.9 Å². The lowest BCUT2D eigenvalue weighted by molar-refractivity contribution is -0.205. The third-order valence-corrected chi connectivity index (χ3v) is 12.5. The lowest BCUT2D eigenvalue weighted by Crippen LogP contribution is -2.63. The standard InChI is InChI=1S/C31H52N2O5S.C3H4O4/c1-10-29(8)15-22(38-23(35)16-39-28(6,7)17-33-27(37)24(32)18(2)3)30(9)19(4)11-13-31(20(5)26(29)36)14-12-21(34)25(30)31;4-2(5)1-3(6)7/h10,18-20,22,24-26,36H,1,11-17,32H2,2-9H3,(H,33,37);1H2,(H,4,5)(H,6,7)/t19-,20+,22-,24-,25?,26+,29-,30+,31?;/m1./s1. The second kappa shape index (κ2) is 15.2. The van der Waals surface area contributed by atoms with E-state index < -0.39 is 52.2 Å². The number of Topliss-reactive ketones (excluding diaryl/α,β-unsaturated/α-hetero) is 1. The van der Waals surface area contributed by atoms with Crippen LogP contribution in [0.3, 0.4) is 0 Å². The summed E-state index contributed by atoms with van der Waals surface area (Å²) in [6.45, 7) is 20.7. The van der Waals surface area contributed by atoms with Crippen LogP contribution in [0.15, 0.2) is 12.7 Å². The monoisotopic (exact) mass is 668 g/mol. The van der Waals surface area contributed by atoms with Crippen molar-refractivity contribution >= 4 is 41.4 Å². The Labute approximate surface area is 277 Å². The Hall–Kier alpha value is -2.44. The van der Waals surface area contributed by atoms with Gasteiger partial charge in [0.2, 0.25) is 5.91 Å². The first kappa shape index (κ1) is 39.7. The summed E-state index contributed by atoms with van der Waals surface area (Å²) >= 11 is 1.43. The molecule has 3 aliphatic carbocycles. The van der Waals surface area contributed by atoms with Crippen LogP contribution in [-0.2, 0) is 28.7 Å². The van der Waals surface area contributed by atoms with Crippen LogP contribution >= 0.6 is 11.8 Å². The Balaban J connectivity index is 0.000000942. The zero-order chi connectivity index (χ0) is 35.4. The number of carboxylic acids is 2. The van der Waals surface area contributed by atoms with E-state index in [-0.39, 0.29) is 52.5 Å². The van der Waals surface area contributed by atoms with Gasteiger partial charge in [0.25, 0.3) is 0 Å². The maximum atomic E-state index is 13.5. The average molecular weight is 669 g/mol. The number of nitrogens with one attached hydrogen (secondary N) is 1. The molecule has 9 atom stereocenters.